The maximum absolute atomic E-state index is 11.8. The molecule has 1 unspecified atom stereocenters. The van der Waals surface area contributed by atoms with Crippen molar-refractivity contribution in [1.82, 2.24) is 5.32 Å². The number of ether oxygens (including phenoxy) is 1. The molecule has 5 nitrogen and oxygen atoms in total. The average Bonchev–Trinajstić information content (AvgIpc) is 2.38. The maximum atomic E-state index is 11.8. The number of hydrogen-bond donors (Lipinski definition) is 2. The highest BCUT2D eigenvalue weighted by Gasteiger charge is 2.19. The highest BCUT2D eigenvalue weighted by molar-refractivity contribution is 5.96. The molecule has 0 radical (unpaired) electrons. The maximum Gasteiger partial charge on any atom is 0.326 e. The topological polar surface area (TPSA) is 75.6 Å². The van der Waals surface area contributed by atoms with Crippen molar-refractivity contribution in [3.05, 3.63) is 29.8 Å². The van der Waals surface area contributed by atoms with Crippen molar-refractivity contribution in [3.63, 3.8) is 0 Å². The first kappa shape index (κ1) is 14.0. The Morgan fingerprint density at radius 3 is 2.39 bits per heavy atom. The molecule has 0 saturated heterocycles. The van der Waals surface area contributed by atoms with Gasteiger partial charge in [-0.2, -0.15) is 0 Å². The lowest BCUT2D eigenvalue weighted by Gasteiger charge is -2.13. The van der Waals surface area contributed by atoms with Gasteiger partial charge in [-0.15, -0.1) is 0 Å². The van der Waals surface area contributed by atoms with Crippen molar-refractivity contribution in [1.29, 1.82) is 0 Å². The highest BCUT2D eigenvalue weighted by atomic mass is 16.5. The van der Waals surface area contributed by atoms with E-state index < -0.39 is 17.9 Å². The Kier molecular flexibility index (Phi) is 5.17. The minimum Gasteiger partial charge on any atom is -0.497 e. The van der Waals surface area contributed by atoms with Crippen LogP contribution in [0.2, 0.25) is 0 Å². The van der Waals surface area contributed by atoms with Gasteiger partial charge in [0.25, 0.3) is 5.91 Å². The van der Waals surface area contributed by atoms with Crippen molar-refractivity contribution >= 4 is 11.9 Å². The van der Waals surface area contributed by atoms with E-state index in [1.807, 2.05) is 6.92 Å². The van der Waals surface area contributed by atoms with Crippen LogP contribution in [0.4, 0.5) is 0 Å². The van der Waals surface area contributed by atoms with E-state index in [4.69, 9.17) is 9.84 Å². The summed E-state index contributed by atoms with van der Waals surface area (Å²) in [5.41, 5.74) is 0.415. The summed E-state index contributed by atoms with van der Waals surface area (Å²) in [6, 6.07) is 5.66. The van der Waals surface area contributed by atoms with Gasteiger partial charge in [0, 0.05) is 5.56 Å². The number of methoxy groups -OCH3 is 1. The quantitative estimate of drug-likeness (QED) is 0.806. The van der Waals surface area contributed by atoms with Gasteiger partial charge in [-0.3, -0.25) is 4.79 Å². The lowest BCUT2D eigenvalue weighted by atomic mass is 10.1. The average molecular weight is 251 g/mol. The van der Waals surface area contributed by atoms with Gasteiger partial charge in [0.1, 0.15) is 11.8 Å². The molecule has 18 heavy (non-hydrogen) atoms. The van der Waals surface area contributed by atoms with Gasteiger partial charge in [0.15, 0.2) is 0 Å². The van der Waals surface area contributed by atoms with Crippen LogP contribution in [0.1, 0.15) is 30.1 Å². The zero-order valence-electron chi connectivity index (χ0n) is 10.5. The molecule has 0 fully saturated rings. The number of benzene rings is 1. The Balaban J connectivity index is 2.70. The first-order chi connectivity index (χ1) is 8.58. The first-order valence-electron chi connectivity index (χ1n) is 5.76. The van der Waals surface area contributed by atoms with Crippen LogP contribution in [0.3, 0.4) is 0 Å². The third kappa shape index (κ3) is 3.76. The fourth-order valence-corrected chi connectivity index (χ4v) is 1.53. The van der Waals surface area contributed by atoms with E-state index in [1.54, 1.807) is 24.3 Å². The largest absolute Gasteiger partial charge is 0.497 e. The third-order valence-corrected chi connectivity index (χ3v) is 2.53. The van der Waals surface area contributed by atoms with Gasteiger partial charge >= 0.3 is 5.97 Å². The van der Waals surface area contributed by atoms with E-state index in [2.05, 4.69) is 5.32 Å². The second-order valence-electron chi connectivity index (χ2n) is 3.88. The standard InChI is InChI=1S/C13H17NO4/c1-3-4-11(13(16)17)14-12(15)9-5-7-10(18-2)8-6-9/h5-8,11H,3-4H2,1-2H3,(H,14,15)(H,16,17). The molecule has 2 N–H and O–H groups in total. The van der Waals surface area contributed by atoms with Crippen LogP contribution in [0.15, 0.2) is 24.3 Å². The third-order valence-electron chi connectivity index (χ3n) is 2.53. The van der Waals surface area contributed by atoms with Crippen LogP contribution < -0.4 is 10.1 Å². The van der Waals surface area contributed by atoms with Gasteiger partial charge in [-0.05, 0) is 30.7 Å². The van der Waals surface area contributed by atoms with Gasteiger partial charge in [-0.1, -0.05) is 13.3 Å². The molecule has 0 heterocycles. The Bertz CT molecular complexity index is 414. The van der Waals surface area contributed by atoms with Crippen LogP contribution in [0.5, 0.6) is 5.75 Å². The molecule has 5 heteroatoms. The normalized spacial score (nSPS) is 11.7. The Morgan fingerprint density at radius 2 is 1.94 bits per heavy atom. The number of carbonyl (C=O) groups is 2. The monoisotopic (exact) mass is 251 g/mol. The predicted molar refractivity (Wildman–Crippen MR) is 66.8 cm³/mol. The molecule has 0 bridgehead atoms. The van der Waals surface area contributed by atoms with Crippen LogP contribution >= 0.6 is 0 Å². The molecule has 1 aromatic carbocycles. The summed E-state index contributed by atoms with van der Waals surface area (Å²) in [4.78, 5) is 22.7. The van der Waals surface area contributed by atoms with Crippen molar-refractivity contribution in [2.45, 2.75) is 25.8 Å². The number of carbonyl (C=O) groups excluding carboxylic acids is 1. The zero-order chi connectivity index (χ0) is 13.5. The number of hydrogen-bond acceptors (Lipinski definition) is 3. The van der Waals surface area contributed by atoms with Crippen LogP contribution in [0.25, 0.3) is 0 Å². The molecular weight excluding hydrogens is 234 g/mol. The fraction of sp³-hybridized carbons (Fsp3) is 0.385. The lowest BCUT2D eigenvalue weighted by molar-refractivity contribution is -0.139. The van der Waals surface area contributed by atoms with Crippen molar-refractivity contribution < 1.29 is 19.4 Å². The molecule has 0 aliphatic rings. The van der Waals surface area contributed by atoms with Crippen molar-refractivity contribution in [3.8, 4) is 5.75 Å². The van der Waals surface area contributed by atoms with E-state index >= 15 is 0 Å². The number of amides is 1. The molecule has 1 amide bonds. The van der Waals surface area contributed by atoms with Gasteiger partial charge in [0.05, 0.1) is 7.11 Å². The first-order valence-corrected chi connectivity index (χ1v) is 5.76. The molecule has 1 aromatic rings. The SMILES string of the molecule is CCCC(NC(=O)c1ccc(OC)cc1)C(=O)O. The second-order valence-corrected chi connectivity index (χ2v) is 3.88. The summed E-state index contributed by atoms with van der Waals surface area (Å²) in [5.74, 6) is -0.757. The summed E-state index contributed by atoms with van der Waals surface area (Å²) < 4.78 is 4.98. The number of carboxylic acid groups (broad SMARTS) is 1. The lowest BCUT2D eigenvalue weighted by Crippen LogP contribution is -2.40. The Morgan fingerprint density at radius 1 is 1.33 bits per heavy atom. The summed E-state index contributed by atoms with van der Waals surface area (Å²) >= 11 is 0. The molecule has 98 valence electrons. The molecule has 0 aliphatic heterocycles. The van der Waals surface area contributed by atoms with Gasteiger partial charge in [-0.25, -0.2) is 4.79 Å². The van der Waals surface area contributed by atoms with Gasteiger partial charge < -0.3 is 15.2 Å². The molecule has 0 aliphatic carbocycles. The Hall–Kier alpha value is -2.04. The predicted octanol–water partition coefficient (Wildman–Crippen LogP) is 1.68. The summed E-state index contributed by atoms with van der Waals surface area (Å²) in [6.07, 6.45) is 1.11. The molecule has 1 rings (SSSR count). The van der Waals surface area contributed by atoms with Crippen LogP contribution in [-0.4, -0.2) is 30.1 Å². The van der Waals surface area contributed by atoms with Crippen molar-refractivity contribution in [2.75, 3.05) is 7.11 Å². The Labute approximate surface area is 106 Å². The highest BCUT2D eigenvalue weighted by Crippen LogP contribution is 2.11. The molecule has 0 saturated carbocycles. The number of rotatable bonds is 6. The molecule has 0 spiro atoms. The molecule has 1 atom stereocenters. The molecule has 0 aromatic heterocycles. The fourth-order valence-electron chi connectivity index (χ4n) is 1.53. The molecular formula is C13H17NO4. The second kappa shape index (κ2) is 6.64. The van der Waals surface area contributed by atoms with E-state index in [-0.39, 0.29) is 0 Å². The van der Waals surface area contributed by atoms with Crippen LogP contribution in [0, 0.1) is 0 Å². The minimum absolute atomic E-state index is 0.390. The number of aliphatic carboxylic acids is 1. The summed E-state index contributed by atoms with van der Waals surface area (Å²) in [6.45, 7) is 1.87. The smallest absolute Gasteiger partial charge is 0.326 e. The van der Waals surface area contributed by atoms with E-state index in [0.29, 0.717) is 24.2 Å². The van der Waals surface area contributed by atoms with Crippen molar-refractivity contribution in [2.24, 2.45) is 0 Å². The summed E-state index contributed by atoms with van der Waals surface area (Å²) in [7, 11) is 1.54. The zero-order valence-corrected chi connectivity index (χ0v) is 10.5. The van der Waals surface area contributed by atoms with E-state index in [9.17, 15) is 9.59 Å². The minimum atomic E-state index is -1.02. The summed E-state index contributed by atoms with van der Waals surface area (Å²) in [5, 5.41) is 11.4. The number of nitrogens with one attached hydrogen (secondary N) is 1. The van der Waals surface area contributed by atoms with E-state index in [1.165, 1.54) is 7.11 Å². The number of carboxylic acids is 1. The van der Waals surface area contributed by atoms with Crippen LogP contribution in [-0.2, 0) is 4.79 Å². The van der Waals surface area contributed by atoms with Gasteiger partial charge in [0.2, 0.25) is 0 Å². The van der Waals surface area contributed by atoms with E-state index in [0.717, 1.165) is 0 Å².